The molecule has 2 aromatic carbocycles. The Morgan fingerprint density at radius 2 is 1.79 bits per heavy atom. The molecule has 0 saturated heterocycles. The Balaban J connectivity index is 1.40. The summed E-state index contributed by atoms with van der Waals surface area (Å²) < 4.78 is 1.72. The third kappa shape index (κ3) is 6.07. The fraction of sp³-hybridized carbons (Fsp3) is 0.150. The summed E-state index contributed by atoms with van der Waals surface area (Å²) in [6, 6.07) is 17.6. The number of rotatable bonds is 6. The number of benzene rings is 2. The number of aromatic nitrogens is 2. The normalized spacial score (nSPS) is 10.3. The van der Waals surface area contributed by atoms with Crippen LogP contribution in [0.25, 0.3) is 0 Å². The van der Waals surface area contributed by atoms with Gasteiger partial charge in [0.05, 0.1) is 18.3 Å². The lowest BCUT2D eigenvalue weighted by molar-refractivity contribution is 0.0943. The number of hydrogen-bond acceptors (Lipinski definition) is 3. The van der Waals surface area contributed by atoms with Crippen molar-refractivity contribution in [3.8, 4) is 0 Å². The van der Waals surface area contributed by atoms with Crippen LogP contribution in [0.15, 0.2) is 67.0 Å². The maximum absolute atomic E-state index is 12.2. The third-order valence-corrected chi connectivity index (χ3v) is 4.48. The summed E-state index contributed by atoms with van der Waals surface area (Å²) in [5, 5.41) is 8.32. The van der Waals surface area contributed by atoms with Crippen molar-refractivity contribution in [1.82, 2.24) is 25.9 Å². The Kier molecular flexibility index (Phi) is 7.00. The predicted molar refractivity (Wildman–Crippen MR) is 114 cm³/mol. The van der Waals surface area contributed by atoms with E-state index in [1.54, 1.807) is 10.9 Å². The summed E-state index contributed by atoms with van der Waals surface area (Å²) in [5.41, 5.74) is 7.98. The van der Waals surface area contributed by atoms with E-state index in [0.29, 0.717) is 28.8 Å². The number of thiocarbonyl (C=S) groups is 1. The van der Waals surface area contributed by atoms with Gasteiger partial charge in [0, 0.05) is 17.8 Å². The number of halogens is 1. The van der Waals surface area contributed by atoms with E-state index in [1.165, 1.54) is 6.20 Å². The Labute approximate surface area is 173 Å². The molecule has 0 bridgehead atoms. The molecule has 28 heavy (non-hydrogen) atoms. The first kappa shape index (κ1) is 19.9. The fourth-order valence-corrected chi connectivity index (χ4v) is 2.82. The number of nitrogens with zero attached hydrogens (tertiary/aromatic N) is 2. The first-order chi connectivity index (χ1) is 13.6. The van der Waals surface area contributed by atoms with Gasteiger partial charge in [-0.1, -0.05) is 54.1 Å². The van der Waals surface area contributed by atoms with Gasteiger partial charge in [-0.3, -0.25) is 20.3 Å². The number of carbonyl (C=O) groups excluding carboxylic acids is 1. The molecule has 3 N–H and O–H groups in total. The number of amides is 1. The van der Waals surface area contributed by atoms with Crippen molar-refractivity contribution in [2.75, 3.05) is 6.54 Å². The minimum atomic E-state index is -0.304. The van der Waals surface area contributed by atoms with E-state index in [1.807, 2.05) is 54.6 Å². The minimum absolute atomic E-state index is 0.304. The monoisotopic (exact) mass is 413 g/mol. The summed E-state index contributed by atoms with van der Waals surface area (Å²) in [7, 11) is 0. The molecule has 3 rings (SSSR count). The second-order valence-electron chi connectivity index (χ2n) is 6.12. The van der Waals surface area contributed by atoms with Crippen LogP contribution in [0.5, 0.6) is 0 Å². The average Bonchev–Trinajstić information content (AvgIpc) is 3.17. The molecule has 0 aliphatic rings. The van der Waals surface area contributed by atoms with Gasteiger partial charge < -0.3 is 5.32 Å². The van der Waals surface area contributed by atoms with E-state index in [9.17, 15) is 4.79 Å². The Morgan fingerprint density at radius 1 is 1.04 bits per heavy atom. The van der Waals surface area contributed by atoms with E-state index < -0.39 is 0 Å². The van der Waals surface area contributed by atoms with Crippen molar-refractivity contribution in [1.29, 1.82) is 0 Å². The summed E-state index contributed by atoms with van der Waals surface area (Å²) in [4.78, 5) is 12.2. The third-order valence-electron chi connectivity index (χ3n) is 3.98. The van der Waals surface area contributed by atoms with Crippen molar-refractivity contribution >= 4 is 34.8 Å². The number of hydrazine groups is 1. The standard InChI is InChI=1S/C20H20ClN5OS/c21-18-8-6-15(7-9-18)10-11-22-20(28)25-24-19(27)17-12-23-26(14-17)13-16-4-2-1-3-5-16/h1-9,12,14H,10-11,13H2,(H,24,27)(H2,22,25,28). The van der Waals surface area contributed by atoms with E-state index in [0.717, 1.165) is 17.5 Å². The molecule has 0 aliphatic carbocycles. The molecule has 0 aliphatic heterocycles. The molecule has 0 fully saturated rings. The highest BCUT2D eigenvalue weighted by Gasteiger charge is 2.09. The van der Waals surface area contributed by atoms with Crippen LogP contribution in [0.4, 0.5) is 0 Å². The lowest BCUT2D eigenvalue weighted by Crippen LogP contribution is -2.47. The van der Waals surface area contributed by atoms with Crippen LogP contribution in [0, 0.1) is 0 Å². The van der Waals surface area contributed by atoms with Crippen LogP contribution >= 0.6 is 23.8 Å². The molecular formula is C20H20ClN5OS. The average molecular weight is 414 g/mol. The maximum Gasteiger partial charge on any atom is 0.272 e. The Morgan fingerprint density at radius 3 is 2.54 bits per heavy atom. The highest BCUT2D eigenvalue weighted by Crippen LogP contribution is 2.09. The lowest BCUT2D eigenvalue weighted by atomic mass is 10.1. The Bertz CT molecular complexity index is 927. The highest BCUT2D eigenvalue weighted by molar-refractivity contribution is 7.80. The van der Waals surface area contributed by atoms with Crippen LogP contribution in [-0.4, -0.2) is 27.3 Å². The zero-order chi connectivity index (χ0) is 19.8. The molecule has 0 saturated carbocycles. The van der Waals surface area contributed by atoms with Crippen molar-refractivity contribution in [3.05, 3.63) is 88.7 Å². The van der Waals surface area contributed by atoms with Crippen molar-refractivity contribution in [3.63, 3.8) is 0 Å². The molecule has 0 unspecified atom stereocenters. The maximum atomic E-state index is 12.2. The molecule has 3 aromatic rings. The molecule has 1 amide bonds. The van der Waals surface area contributed by atoms with Crippen LogP contribution in [-0.2, 0) is 13.0 Å². The minimum Gasteiger partial charge on any atom is -0.361 e. The zero-order valence-corrected chi connectivity index (χ0v) is 16.6. The topological polar surface area (TPSA) is 71.0 Å². The van der Waals surface area contributed by atoms with Crippen LogP contribution in [0.2, 0.25) is 5.02 Å². The van der Waals surface area contributed by atoms with Gasteiger partial charge in [0.15, 0.2) is 5.11 Å². The molecule has 0 atom stereocenters. The Hall–Kier alpha value is -2.90. The molecule has 8 heteroatoms. The summed E-state index contributed by atoms with van der Waals surface area (Å²) in [5.74, 6) is -0.304. The van der Waals surface area contributed by atoms with Gasteiger partial charge in [-0.25, -0.2) is 0 Å². The number of hydrogen-bond donors (Lipinski definition) is 3. The van der Waals surface area contributed by atoms with E-state index >= 15 is 0 Å². The molecule has 6 nitrogen and oxygen atoms in total. The first-order valence-corrected chi connectivity index (χ1v) is 9.54. The van der Waals surface area contributed by atoms with Crippen molar-refractivity contribution in [2.45, 2.75) is 13.0 Å². The predicted octanol–water partition coefficient (Wildman–Crippen LogP) is 2.94. The second kappa shape index (κ2) is 9.87. The van der Waals surface area contributed by atoms with E-state index in [4.69, 9.17) is 23.8 Å². The van der Waals surface area contributed by atoms with Crippen LogP contribution in [0.1, 0.15) is 21.5 Å². The molecule has 1 aromatic heterocycles. The van der Waals surface area contributed by atoms with E-state index in [-0.39, 0.29) is 5.91 Å². The molecule has 1 heterocycles. The van der Waals surface area contributed by atoms with Gasteiger partial charge in [0.2, 0.25) is 0 Å². The first-order valence-electron chi connectivity index (χ1n) is 8.75. The zero-order valence-electron chi connectivity index (χ0n) is 15.1. The van der Waals surface area contributed by atoms with E-state index in [2.05, 4.69) is 21.3 Å². The summed E-state index contributed by atoms with van der Waals surface area (Å²) in [6.45, 7) is 1.24. The SMILES string of the molecule is O=C(NNC(=S)NCCc1ccc(Cl)cc1)c1cnn(Cc2ccccc2)c1. The smallest absolute Gasteiger partial charge is 0.272 e. The largest absolute Gasteiger partial charge is 0.361 e. The van der Waals surface area contributed by atoms with Gasteiger partial charge in [0.1, 0.15) is 0 Å². The van der Waals surface area contributed by atoms with Crippen LogP contribution in [0.3, 0.4) is 0 Å². The quantitative estimate of drug-likeness (QED) is 0.428. The van der Waals surface area contributed by atoms with Gasteiger partial charge in [-0.05, 0) is 41.9 Å². The number of nitrogens with one attached hydrogen (secondary N) is 3. The molecule has 144 valence electrons. The van der Waals surface area contributed by atoms with Gasteiger partial charge in [0.25, 0.3) is 5.91 Å². The molecular weight excluding hydrogens is 394 g/mol. The fourth-order valence-electron chi connectivity index (χ4n) is 2.54. The number of carbonyl (C=O) groups is 1. The second-order valence-corrected chi connectivity index (χ2v) is 6.97. The van der Waals surface area contributed by atoms with Gasteiger partial charge >= 0.3 is 0 Å². The van der Waals surface area contributed by atoms with Crippen molar-refractivity contribution < 1.29 is 4.79 Å². The summed E-state index contributed by atoms with van der Waals surface area (Å²) in [6.07, 6.45) is 4.01. The lowest BCUT2D eigenvalue weighted by Gasteiger charge is -2.11. The highest BCUT2D eigenvalue weighted by atomic mass is 35.5. The van der Waals surface area contributed by atoms with Gasteiger partial charge in [-0.2, -0.15) is 5.10 Å². The van der Waals surface area contributed by atoms with Gasteiger partial charge in [-0.15, -0.1) is 0 Å². The van der Waals surface area contributed by atoms with Crippen LogP contribution < -0.4 is 16.2 Å². The van der Waals surface area contributed by atoms with Crippen molar-refractivity contribution in [2.24, 2.45) is 0 Å². The molecule has 0 radical (unpaired) electrons. The summed E-state index contributed by atoms with van der Waals surface area (Å²) >= 11 is 11.0. The molecule has 0 spiro atoms.